The van der Waals surface area contributed by atoms with Gasteiger partial charge in [0.1, 0.15) is 0 Å². The van der Waals surface area contributed by atoms with Crippen molar-refractivity contribution >= 4 is 16.3 Å². The highest BCUT2D eigenvalue weighted by molar-refractivity contribution is 7.51. The summed E-state index contributed by atoms with van der Waals surface area (Å²) >= 11 is 0. The molecule has 0 radical (unpaired) electrons. The van der Waals surface area contributed by atoms with Crippen molar-refractivity contribution in [3.8, 4) is 0 Å². The topological polar surface area (TPSA) is 94.8 Å². The summed E-state index contributed by atoms with van der Waals surface area (Å²) in [6.07, 6.45) is 7.49. The zero-order chi connectivity index (χ0) is 12.9. The molecule has 2 rings (SSSR count). The molecule has 0 saturated heterocycles. The van der Waals surface area contributed by atoms with E-state index in [1.807, 2.05) is 0 Å². The van der Waals surface area contributed by atoms with Crippen molar-refractivity contribution in [2.75, 3.05) is 6.16 Å². The Hall–Kier alpha value is 0.210. The summed E-state index contributed by atoms with van der Waals surface area (Å²) in [5.74, 6) is 1.85. The lowest BCUT2D eigenvalue weighted by Gasteiger charge is -2.24. The predicted octanol–water partition coefficient (Wildman–Crippen LogP) is 2.30. The smallest absolute Gasteiger partial charge is 0.324 e. The van der Waals surface area contributed by atoms with Crippen LogP contribution in [-0.4, -0.2) is 20.8 Å². The van der Waals surface area contributed by atoms with Gasteiger partial charge in [0.25, 0.3) is 0 Å². The lowest BCUT2D eigenvalue weighted by molar-refractivity contribution is 0.277. The zero-order valence-electron chi connectivity index (χ0n) is 9.79. The highest BCUT2D eigenvalue weighted by Gasteiger charge is 2.37. The van der Waals surface area contributed by atoms with E-state index in [2.05, 4.69) is 0 Å². The van der Waals surface area contributed by atoms with E-state index >= 15 is 0 Å². The molecule has 0 heterocycles. The average molecular weight is 283 g/mol. The van der Waals surface area contributed by atoms with Gasteiger partial charge < -0.3 is 9.79 Å². The van der Waals surface area contributed by atoms with Crippen LogP contribution in [0.15, 0.2) is 0 Å². The van der Waals surface area contributed by atoms with E-state index in [-0.39, 0.29) is 6.16 Å². The molecule has 0 spiro atoms. The molecule has 5 nitrogen and oxygen atoms in total. The molecule has 2 fully saturated rings. The van der Waals surface area contributed by atoms with Gasteiger partial charge in [-0.15, -0.1) is 0 Å². The predicted molar refractivity (Wildman–Crippen MR) is 66.3 cm³/mol. The van der Waals surface area contributed by atoms with Gasteiger partial charge in [0.05, 0.1) is 6.16 Å². The molecule has 0 aliphatic heterocycles. The maximum absolute atomic E-state index is 10.9. The molecular formula is C10H21O5P2+. The highest BCUT2D eigenvalue weighted by Crippen LogP contribution is 2.49. The number of hydrogen-bond acceptors (Lipinski definition) is 2. The molecule has 0 amide bonds. The first-order chi connectivity index (χ1) is 7.96. The molecule has 7 heteroatoms. The Balaban J connectivity index is 0.000000437. The van der Waals surface area contributed by atoms with Crippen LogP contribution in [0.5, 0.6) is 0 Å². The van der Waals surface area contributed by atoms with Crippen molar-refractivity contribution in [1.29, 1.82) is 0 Å². The van der Waals surface area contributed by atoms with E-state index in [4.69, 9.17) is 19.2 Å². The average Bonchev–Trinajstić information content (AvgIpc) is 2.57. The molecule has 3 atom stereocenters. The van der Waals surface area contributed by atoms with Crippen LogP contribution in [0.25, 0.3) is 0 Å². The molecule has 0 aromatic heterocycles. The lowest BCUT2D eigenvalue weighted by Crippen LogP contribution is -2.12. The fraction of sp³-hybridized carbons (Fsp3) is 1.00. The third-order valence-corrected chi connectivity index (χ3v) is 4.83. The van der Waals surface area contributed by atoms with Crippen molar-refractivity contribution < 1.29 is 23.8 Å². The van der Waals surface area contributed by atoms with E-state index in [1.165, 1.54) is 25.7 Å². The van der Waals surface area contributed by atoms with Gasteiger partial charge in [-0.1, -0.05) is 25.7 Å². The minimum absolute atomic E-state index is 0.125. The summed E-state index contributed by atoms with van der Waals surface area (Å²) < 4.78 is 19.4. The Kier molecular flexibility index (Phi) is 6.25. The monoisotopic (exact) mass is 283 g/mol. The first-order valence-electron chi connectivity index (χ1n) is 6.02. The SMILES string of the molecule is O=P(O)(O)CC1CC2CCCCC2C1.O=[PH+]O. The third-order valence-electron chi connectivity index (χ3n) is 3.83. The maximum Gasteiger partial charge on any atom is 0.491 e. The van der Waals surface area contributed by atoms with Crippen LogP contribution < -0.4 is 0 Å². The lowest BCUT2D eigenvalue weighted by atomic mass is 9.82. The third kappa shape index (κ3) is 5.58. The molecule has 2 saturated carbocycles. The summed E-state index contributed by atoms with van der Waals surface area (Å²) in [6.45, 7) is 0. The number of fused-ring (bicyclic) bond motifs is 1. The summed E-state index contributed by atoms with van der Waals surface area (Å²) in [4.78, 5) is 24.9. The second-order valence-corrected chi connectivity index (χ2v) is 6.96. The molecule has 3 N–H and O–H groups in total. The standard InChI is InChI=1S/C10H19O3P.HO2P/c11-14(12,13)7-8-5-9-3-1-2-4-10(9)6-8;1-3-2/h8-10H,1-7H2,(H2,11,12,13);3H/p+1. The molecule has 0 bridgehead atoms. The van der Waals surface area contributed by atoms with E-state index < -0.39 is 16.3 Å². The van der Waals surface area contributed by atoms with Gasteiger partial charge in [-0.3, -0.25) is 4.57 Å². The molecule has 2 aliphatic rings. The second-order valence-electron chi connectivity index (χ2n) is 5.08. The van der Waals surface area contributed by atoms with Crippen LogP contribution in [0.2, 0.25) is 0 Å². The van der Waals surface area contributed by atoms with Crippen LogP contribution in [0, 0.1) is 17.8 Å². The van der Waals surface area contributed by atoms with Gasteiger partial charge in [0.2, 0.25) is 0 Å². The minimum Gasteiger partial charge on any atom is -0.324 e. The summed E-state index contributed by atoms with van der Waals surface area (Å²) in [7, 11) is -4.94. The van der Waals surface area contributed by atoms with Gasteiger partial charge in [-0.25, -0.2) is 0 Å². The summed E-state index contributed by atoms with van der Waals surface area (Å²) in [5, 5.41) is 0. The first-order valence-corrected chi connectivity index (χ1v) is 8.67. The van der Waals surface area contributed by atoms with E-state index in [9.17, 15) is 4.57 Å². The van der Waals surface area contributed by atoms with Crippen LogP contribution >= 0.6 is 16.3 Å². The number of hydrogen-bond donors (Lipinski definition) is 3. The molecule has 0 aromatic carbocycles. The molecule has 3 unspecified atom stereocenters. The van der Waals surface area contributed by atoms with Gasteiger partial charge in [-0.2, -0.15) is 4.89 Å². The van der Waals surface area contributed by atoms with Crippen LogP contribution in [-0.2, 0) is 9.13 Å². The van der Waals surface area contributed by atoms with E-state index in [0.29, 0.717) is 5.92 Å². The summed E-state index contributed by atoms with van der Waals surface area (Å²) in [5.41, 5.74) is 0. The Morgan fingerprint density at radius 2 is 1.53 bits per heavy atom. The van der Waals surface area contributed by atoms with E-state index in [1.54, 1.807) is 0 Å². The van der Waals surface area contributed by atoms with Crippen molar-refractivity contribution in [3.05, 3.63) is 0 Å². The van der Waals surface area contributed by atoms with Crippen LogP contribution in [0.4, 0.5) is 0 Å². The Bertz CT molecular complexity index is 276. The highest BCUT2D eigenvalue weighted by atomic mass is 31.2. The number of rotatable bonds is 2. The van der Waals surface area contributed by atoms with Crippen molar-refractivity contribution in [2.45, 2.75) is 38.5 Å². The fourth-order valence-electron chi connectivity index (χ4n) is 3.34. The van der Waals surface area contributed by atoms with Gasteiger partial charge in [-0.05, 0) is 35.2 Å². The quantitative estimate of drug-likeness (QED) is 0.676. The largest absolute Gasteiger partial charge is 0.491 e. The second kappa shape index (κ2) is 6.96. The fourth-order valence-corrected chi connectivity index (χ4v) is 4.31. The van der Waals surface area contributed by atoms with Crippen LogP contribution in [0.3, 0.4) is 0 Å². The van der Waals surface area contributed by atoms with Crippen molar-refractivity contribution in [3.63, 3.8) is 0 Å². The van der Waals surface area contributed by atoms with Gasteiger partial charge in [0.15, 0.2) is 0 Å². The van der Waals surface area contributed by atoms with Crippen molar-refractivity contribution in [2.24, 2.45) is 17.8 Å². The van der Waals surface area contributed by atoms with Gasteiger partial charge in [0, 0.05) is 0 Å². The summed E-state index contributed by atoms with van der Waals surface area (Å²) in [6, 6.07) is 0. The first kappa shape index (κ1) is 15.3. The Morgan fingerprint density at radius 3 is 1.88 bits per heavy atom. The molecular weight excluding hydrogens is 262 g/mol. The molecule has 17 heavy (non-hydrogen) atoms. The molecule has 2 aliphatic carbocycles. The maximum atomic E-state index is 10.9. The van der Waals surface area contributed by atoms with Gasteiger partial charge >= 0.3 is 16.3 Å². The molecule has 100 valence electrons. The molecule has 0 aromatic rings. The Labute approximate surface area is 103 Å². The van der Waals surface area contributed by atoms with E-state index in [0.717, 1.165) is 24.7 Å². The van der Waals surface area contributed by atoms with Crippen LogP contribution in [0.1, 0.15) is 38.5 Å². The zero-order valence-corrected chi connectivity index (χ0v) is 11.7. The normalized spacial score (nSPS) is 32.8. The van der Waals surface area contributed by atoms with Crippen molar-refractivity contribution in [1.82, 2.24) is 0 Å². The Morgan fingerprint density at radius 1 is 1.12 bits per heavy atom. The minimum atomic E-state index is -3.77.